The molecule has 1 heterocycles. The maximum Gasteiger partial charge on any atom is 0.416 e. The van der Waals surface area contributed by atoms with Crippen molar-refractivity contribution in [3.8, 4) is 0 Å². The fourth-order valence-electron chi connectivity index (χ4n) is 2.74. The molecule has 2 aromatic carbocycles. The van der Waals surface area contributed by atoms with E-state index in [1.165, 1.54) is 0 Å². The second-order valence-corrected chi connectivity index (χ2v) is 6.09. The highest BCUT2D eigenvalue weighted by Gasteiger charge is 2.33. The molecule has 0 atom stereocenters. The van der Waals surface area contributed by atoms with E-state index in [4.69, 9.17) is 0 Å². The second-order valence-electron chi connectivity index (χ2n) is 6.09. The first-order valence-corrected chi connectivity index (χ1v) is 8.49. The lowest BCUT2D eigenvalue weighted by Crippen LogP contribution is -2.17. The molecule has 0 radical (unpaired) electrons. The number of aromatic nitrogens is 1. The number of rotatable bonds is 6. The normalized spacial score (nSPS) is 11.3. The molecule has 2 N–H and O–H groups in total. The van der Waals surface area contributed by atoms with Gasteiger partial charge in [-0.15, -0.1) is 0 Å². The van der Waals surface area contributed by atoms with Crippen LogP contribution in [0.15, 0.2) is 54.7 Å². The summed E-state index contributed by atoms with van der Waals surface area (Å²) in [6.45, 7) is -0.00374. The summed E-state index contributed by atoms with van der Waals surface area (Å²) in [5.41, 5.74) is -0.777. The lowest BCUT2D eigenvalue weighted by Gasteiger charge is -2.11. The van der Waals surface area contributed by atoms with Crippen molar-refractivity contribution >= 4 is 33.9 Å². The van der Waals surface area contributed by atoms with Gasteiger partial charge in [0.15, 0.2) is 0 Å². The van der Waals surface area contributed by atoms with Gasteiger partial charge in [-0.1, -0.05) is 18.2 Å². The van der Waals surface area contributed by atoms with Crippen molar-refractivity contribution in [1.29, 1.82) is 0 Å². The third-order valence-corrected chi connectivity index (χ3v) is 4.10. The summed E-state index contributed by atoms with van der Waals surface area (Å²) in [6, 6.07) is 11.1. The Morgan fingerprint density at radius 3 is 2.59 bits per heavy atom. The summed E-state index contributed by atoms with van der Waals surface area (Å²) in [7, 11) is 0. The van der Waals surface area contributed by atoms with Crippen LogP contribution in [-0.2, 0) is 11.0 Å². The predicted octanol–water partition coefficient (Wildman–Crippen LogP) is 4.60. The van der Waals surface area contributed by atoms with Crippen molar-refractivity contribution in [2.75, 3.05) is 17.2 Å². The number of anilines is 2. The van der Waals surface area contributed by atoms with Gasteiger partial charge in [0.05, 0.1) is 21.7 Å². The third-order valence-electron chi connectivity index (χ3n) is 4.10. The number of para-hydroxylation sites is 1. The van der Waals surface area contributed by atoms with E-state index in [-0.39, 0.29) is 24.6 Å². The van der Waals surface area contributed by atoms with Gasteiger partial charge in [0, 0.05) is 30.6 Å². The van der Waals surface area contributed by atoms with Gasteiger partial charge < -0.3 is 10.6 Å². The first-order valence-electron chi connectivity index (χ1n) is 8.49. The average Bonchev–Trinajstić information content (AvgIpc) is 2.67. The molecule has 1 amide bonds. The van der Waals surface area contributed by atoms with E-state index in [0.29, 0.717) is 17.3 Å². The number of amides is 1. The molecule has 3 aromatic rings. The van der Waals surface area contributed by atoms with Crippen LogP contribution in [-0.4, -0.2) is 22.4 Å². The first-order chi connectivity index (χ1) is 13.8. The van der Waals surface area contributed by atoms with Crippen molar-refractivity contribution in [3.05, 3.63) is 70.4 Å². The molecule has 0 bridgehead atoms. The maximum atomic E-state index is 12.7. The number of nitrogens with zero attached hydrogens (tertiary/aromatic N) is 2. The Balaban J connectivity index is 1.65. The molecular formula is C19H15F3N4O3. The number of halogens is 3. The molecule has 29 heavy (non-hydrogen) atoms. The van der Waals surface area contributed by atoms with Crippen molar-refractivity contribution in [3.63, 3.8) is 0 Å². The molecule has 7 nitrogen and oxygen atoms in total. The van der Waals surface area contributed by atoms with Crippen molar-refractivity contribution in [2.45, 2.75) is 12.6 Å². The van der Waals surface area contributed by atoms with Crippen molar-refractivity contribution in [1.82, 2.24) is 4.98 Å². The Kier molecular flexibility index (Phi) is 5.62. The molecule has 1 aromatic heterocycles. The van der Waals surface area contributed by atoms with Crippen LogP contribution in [0.1, 0.15) is 12.0 Å². The highest BCUT2D eigenvalue weighted by Crippen LogP contribution is 2.34. The van der Waals surface area contributed by atoms with Crippen LogP contribution in [0.4, 0.5) is 30.2 Å². The van der Waals surface area contributed by atoms with Crippen LogP contribution in [0.25, 0.3) is 10.9 Å². The molecule has 0 aliphatic carbocycles. The monoisotopic (exact) mass is 404 g/mol. The highest BCUT2D eigenvalue weighted by molar-refractivity contribution is 6.00. The smallest absolute Gasteiger partial charge is 0.379 e. The van der Waals surface area contributed by atoms with E-state index in [0.717, 1.165) is 17.5 Å². The SMILES string of the molecule is O=C(CCNc1ccc(C(F)(F)F)cc1[N+](=O)[O-])Nc1cccc2cccnc12. The van der Waals surface area contributed by atoms with E-state index < -0.39 is 22.4 Å². The molecule has 0 aliphatic rings. The number of hydrogen-bond donors (Lipinski definition) is 2. The largest absolute Gasteiger partial charge is 0.416 e. The molecule has 0 saturated carbocycles. The quantitative estimate of drug-likeness (QED) is 0.462. The Bertz CT molecular complexity index is 1060. The van der Waals surface area contributed by atoms with Gasteiger partial charge in [-0.2, -0.15) is 13.2 Å². The number of carbonyl (C=O) groups excluding carboxylic acids is 1. The van der Waals surface area contributed by atoms with E-state index in [9.17, 15) is 28.1 Å². The second kappa shape index (κ2) is 8.13. The van der Waals surface area contributed by atoms with Gasteiger partial charge in [-0.25, -0.2) is 0 Å². The van der Waals surface area contributed by atoms with E-state index in [1.807, 2.05) is 12.1 Å². The fraction of sp³-hybridized carbons (Fsp3) is 0.158. The van der Waals surface area contributed by atoms with E-state index in [1.54, 1.807) is 24.4 Å². The van der Waals surface area contributed by atoms with Gasteiger partial charge in [0.1, 0.15) is 5.69 Å². The standard InChI is InChI=1S/C19H15F3N4O3/c20-19(21,22)13-6-7-14(16(11-13)26(28)29)23-10-8-17(27)25-15-5-1-3-12-4-2-9-24-18(12)15/h1-7,9,11,23H,8,10H2,(H,25,27). The Morgan fingerprint density at radius 2 is 1.86 bits per heavy atom. The van der Waals surface area contributed by atoms with Gasteiger partial charge in [-0.3, -0.25) is 19.9 Å². The molecule has 150 valence electrons. The Hall–Kier alpha value is -3.69. The van der Waals surface area contributed by atoms with Crippen molar-refractivity contribution in [2.24, 2.45) is 0 Å². The van der Waals surface area contributed by atoms with Crippen LogP contribution < -0.4 is 10.6 Å². The van der Waals surface area contributed by atoms with E-state index >= 15 is 0 Å². The summed E-state index contributed by atoms with van der Waals surface area (Å²) < 4.78 is 38.2. The number of pyridine rings is 1. The van der Waals surface area contributed by atoms with Crippen molar-refractivity contribution < 1.29 is 22.9 Å². The summed E-state index contributed by atoms with van der Waals surface area (Å²) in [5.74, 6) is -0.370. The number of fused-ring (bicyclic) bond motifs is 1. The number of hydrogen-bond acceptors (Lipinski definition) is 5. The van der Waals surface area contributed by atoms with Crippen LogP contribution in [0.3, 0.4) is 0 Å². The zero-order chi connectivity index (χ0) is 21.0. The number of benzene rings is 2. The third kappa shape index (κ3) is 4.78. The number of carbonyl (C=O) groups is 1. The summed E-state index contributed by atoms with van der Waals surface area (Å²) >= 11 is 0. The van der Waals surface area contributed by atoms with Crippen LogP contribution >= 0.6 is 0 Å². The predicted molar refractivity (Wildman–Crippen MR) is 102 cm³/mol. The molecule has 0 fully saturated rings. The molecule has 0 unspecified atom stereocenters. The number of nitro benzene ring substituents is 1. The number of nitrogens with one attached hydrogen (secondary N) is 2. The van der Waals surface area contributed by atoms with Crippen LogP contribution in [0.2, 0.25) is 0 Å². The maximum absolute atomic E-state index is 12.7. The molecule has 10 heteroatoms. The zero-order valence-corrected chi connectivity index (χ0v) is 14.9. The van der Waals surface area contributed by atoms with Gasteiger partial charge in [-0.05, 0) is 24.3 Å². The minimum Gasteiger partial charge on any atom is -0.379 e. The fourth-order valence-corrected chi connectivity index (χ4v) is 2.74. The average molecular weight is 404 g/mol. The Labute approximate surface area is 162 Å². The molecule has 3 rings (SSSR count). The summed E-state index contributed by atoms with van der Waals surface area (Å²) in [6.07, 6.45) is -3.14. The van der Waals surface area contributed by atoms with Crippen LogP contribution in [0, 0.1) is 10.1 Å². The molecule has 0 aliphatic heterocycles. The van der Waals surface area contributed by atoms with Gasteiger partial charge >= 0.3 is 6.18 Å². The minimum atomic E-state index is -4.68. The summed E-state index contributed by atoms with van der Waals surface area (Å²) in [5, 5.41) is 17.3. The Morgan fingerprint density at radius 1 is 1.10 bits per heavy atom. The van der Waals surface area contributed by atoms with Gasteiger partial charge in [0.25, 0.3) is 5.69 Å². The lowest BCUT2D eigenvalue weighted by atomic mass is 10.1. The lowest BCUT2D eigenvalue weighted by molar-refractivity contribution is -0.384. The molecule has 0 spiro atoms. The zero-order valence-electron chi connectivity index (χ0n) is 14.9. The van der Waals surface area contributed by atoms with E-state index in [2.05, 4.69) is 15.6 Å². The first kappa shape index (κ1) is 20.1. The molecule has 0 saturated heterocycles. The minimum absolute atomic E-state index is 0.00374. The number of alkyl halides is 3. The summed E-state index contributed by atoms with van der Waals surface area (Å²) in [4.78, 5) is 26.6. The van der Waals surface area contributed by atoms with Crippen LogP contribution in [0.5, 0.6) is 0 Å². The molecular weight excluding hydrogens is 389 g/mol. The number of nitro groups is 1. The highest BCUT2D eigenvalue weighted by atomic mass is 19.4. The topological polar surface area (TPSA) is 97.2 Å². The van der Waals surface area contributed by atoms with Gasteiger partial charge in [0.2, 0.25) is 5.91 Å².